The number of aromatic nitrogens is 2. The van der Waals surface area contributed by atoms with Crippen molar-refractivity contribution in [3.05, 3.63) is 53.7 Å². The van der Waals surface area contributed by atoms with Crippen molar-refractivity contribution in [1.82, 2.24) is 9.97 Å². The van der Waals surface area contributed by atoms with E-state index < -0.39 is 10.0 Å². The van der Waals surface area contributed by atoms with Crippen molar-refractivity contribution in [1.29, 1.82) is 0 Å². The number of nitrogens with one attached hydrogen (secondary N) is 2. The molecule has 9 heteroatoms. The van der Waals surface area contributed by atoms with Crippen LogP contribution in [0.2, 0.25) is 0 Å². The number of sulfonamides is 1. The number of rotatable bonds is 4. The number of hydrogen-bond acceptors (Lipinski definition) is 6. The molecule has 0 saturated carbocycles. The maximum Gasteiger partial charge on any atom is 0.263 e. The molecular formula is C16H12N4O3S2. The molecule has 25 heavy (non-hydrogen) atoms. The van der Waals surface area contributed by atoms with Crippen molar-refractivity contribution in [2.75, 3.05) is 10.0 Å². The van der Waals surface area contributed by atoms with Gasteiger partial charge in [-0.3, -0.25) is 14.5 Å². The van der Waals surface area contributed by atoms with Crippen LogP contribution in [-0.2, 0) is 21.2 Å². The number of pyridine rings is 1. The van der Waals surface area contributed by atoms with E-state index in [0.717, 1.165) is 5.56 Å². The van der Waals surface area contributed by atoms with Crippen LogP contribution in [0.25, 0.3) is 11.3 Å². The smallest absolute Gasteiger partial charge is 0.263 e. The summed E-state index contributed by atoms with van der Waals surface area (Å²) in [6.07, 6.45) is 3.49. The summed E-state index contributed by atoms with van der Waals surface area (Å²) in [7, 11) is -3.77. The van der Waals surface area contributed by atoms with Crippen molar-refractivity contribution < 1.29 is 13.2 Å². The zero-order valence-corrected chi connectivity index (χ0v) is 14.4. The summed E-state index contributed by atoms with van der Waals surface area (Å²) in [5.74, 6) is -0.139. The molecule has 1 aliphatic heterocycles. The third-order valence-electron chi connectivity index (χ3n) is 3.71. The molecule has 0 saturated heterocycles. The van der Waals surface area contributed by atoms with E-state index in [4.69, 9.17) is 0 Å². The summed E-state index contributed by atoms with van der Waals surface area (Å²) in [6, 6.07) is 8.17. The highest BCUT2D eigenvalue weighted by molar-refractivity contribution is 7.93. The van der Waals surface area contributed by atoms with Gasteiger partial charge in [0.05, 0.1) is 17.0 Å². The molecule has 0 radical (unpaired) electrons. The fourth-order valence-electron chi connectivity index (χ4n) is 2.52. The summed E-state index contributed by atoms with van der Waals surface area (Å²) in [6.45, 7) is 0. The fourth-order valence-corrected chi connectivity index (χ4v) is 4.55. The lowest BCUT2D eigenvalue weighted by atomic mass is 10.2. The number of hydrogen-bond donors (Lipinski definition) is 2. The van der Waals surface area contributed by atoms with E-state index in [1.165, 1.54) is 23.5 Å². The number of fused-ring (bicyclic) bond motifs is 1. The summed E-state index contributed by atoms with van der Waals surface area (Å²) in [5.41, 5.74) is 2.86. The number of amides is 1. The summed E-state index contributed by atoms with van der Waals surface area (Å²) in [4.78, 5) is 19.8. The van der Waals surface area contributed by atoms with E-state index in [2.05, 4.69) is 20.0 Å². The van der Waals surface area contributed by atoms with Crippen LogP contribution in [0.1, 0.15) is 5.56 Å². The Morgan fingerprint density at radius 3 is 2.76 bits per heavy atom. The average Bonchev–Trinajstić information content (AvgIpc) is 3.20. The van der Waals surface area contributed by atoms with Gasteiger partial charge in [0.25, 0.3) is 10.0 Å². The van der Waals surface area contributed by atoms with Gasteiger partial charge in [0, 0.05) is 29.0 Å². The molecule has 4 rings (SSSR count). The molecule has 0 unspecified atom stereocenters. The standard InChI is InChI=1S/C16H12N4O3S2/c21-15-8-11-7-12(1-2-13(11)18-15)25(22,23)20-16-19-14(9-24-16)10-3-5-17-6-4-10/h1-7,9H,8H2,(H,18,21)(H,19,20). The number of carbonyl (C=O) groups is 1. The molecule has 126 valence electrons. The number of carbonyl (C=O) groups excluding carboxylic acids is 1. The molecule has 0 aliphatic carbocycles. The molecule has 0 atom stereocenters. The first-order valence-electron chi connectivity index (χ1n) is 7.33. The largest absolute Gasteiger partial charge is 0.326 e. The summed E-state index contributed by atoms with van der Waals surface area (Å²) < 4.78 is 27.6. The van der Waals surface area contributed by atoms with Crippen LogP contribution in [0.3, 0.4) is 0 Å². The third kappa shape index (κ3) is 3.11. The van der Waals surface area contributed by atoms with Crippen LogP contribution >= 0.6 is 11.3 Å². The zero-order chi connectivity index (χ0) is 17.4. The Balaban J connectivity index is 1.59. The molecular weight excluding hydrogens is 360 g/mol. The van der Waals surface area contributed by atoms with Crippen molar-refractivity contribution in [3.63, 3.8) is 0 Å². The Labute approximate surface area is 147 Å². The molecule has 0 fully saturated rings. The molecule has 2 aromatic heterocycles. The first kappa shape index (κ1) is 15.7. The van der Waals surface area contributed by atoms with Gasteiger partial charge in [-0.15, -0.1) is 11.3 Å². The Kier molecular flexibility index (Phi) is 3.74. The molecule has 2 N–H and O–H groups in total. The Morgan fingerprint density at radius 2 is 1.96 bits per heavy atom. The van der Waals surface area contributed by atoms with Crippen molar-refractivity contribution in [2.45, 2.75) is 11.3 Å². The SMILES string of the molecule is O=C1Cc2cc(S(=O)(=O)Nc3nc(-c4ccncc4)cs3)ccc2N1. The lowest BCUT2D eigenvalue weighted by Gasteiger charge is -2.07. The molecule has 7 nitrogen and oxygen atoms in total. The van der Waals surface area contributed by atoms with Gasteiger partial charge in [-0.25, -0.2) is 13.4 Å². The second-order valence-corrected chi connectivity index (χ2v) is 7.96. The van der Waals surface area contributed by atoms with Gasteiger partial charge in [0.15, 0.2) is 5.13 Å². The molecule has 3 aromatic rings. The number of anilines is 2. The number of benzene rings is 1. The van der Waals surface area contributed by atoms with Crippen molar-refractivity contribution >= 4 is 38.1 Å². The number of thiazole rings is 1. The van der Waals surface area contributed by atoms with Gasteiger partial charge in [0.2, 0.25) is 5.91 Å². The normalized spacial score (nSPS) is 13.4. The lowest BCUT2D eigenvalue weighted by molar-refractivity contribution is -0.115. The minimum Gasteiger partial charge on any atom is -0.326 e. The van der Waals surface area contributed by atoms with Gasteiger partial charge in [-0.1, -0.05) is 0 Å². The lowest BCUT2D eigenvalue weighted by Crippen LogP contribution is -2.13. The zero-order valence-electron chi connectivity index (χ0n) is 12.8. The monoisotopic (exact) mass is 372 g/mol. The Morgan fingerprint density at radius 1 is 1.16 bits per heavy atom. The molecule has 0 spiro atoms. The van der Waals surface area contributed by atoms with Gasteiger partial charge >= 0.3 is 0 Å². The highest BCUT2D eigenvalue weighted by Gasteiger charge is 2.22. The predicted molar refractivity (Wildman–Crippen MR) is 94.9 cm³/mol. The average molecular weight is 372 g/mol. The molecule has 1 amide bonds. The Hall–Kier alpha value is -2.78. The quantitative estimate of drug-likeness (QED) is 0.733. The van der Waals surface area contributed by atoms with Crippen molar-refractivity contribution in [2.24, 2.45) is 0 Å². The molecule has 0 bridgehead atoms. The highest BCUT2D eigenvalue weighted by Crippen LogP contribution is 2.29. The van der Waals surface area contributed by atoms with Crippen LogP contribution in [0, 0.1) is 0 Å². The second kappa shape index (κ2) is 5.94. The predicted octanol–water partition coefficient (Wildman–Crippen LogP) is 2.50. The summed E-state index contributed by atoms with van der Waals surface area (Å²) in [5, 5.41) is 4.73. The molecule has 1 aliphatic rings. The summed E-state index contributed by atoms with van der Waals surface area (Å²) >= 11 is 1.20. The Bertz CT molecular complexity index is 1060. The first-order chi connectivity index (χ1) is 12.0. The van der Waals surface area contributed by atoms with E-state index in [1.54, 1.807) is 36.0 Å². The highest BCUT2D eigenvalue weighted by atomic mass is 32.2. The number of nitrogens with zero attached hydrogens (tertiary/aromatic N) is 2. The second-order valence-electron chi connectivity index (χ2n) is 5.42. The maximum atomic E-state index is 12.6. The van der Waals surface area contributed by atoms with Crippen LogP contribution < -0.4 is 10.0 Å². The van der Waals surface area contributed by atoms with Gasteiger partial charge in [-0.05, 0) is 35.9 Å². The fraction of sp³-hybridized carbons (Fsp3) is 0.0625. The van der Waals surface area contributed by atoms with E-state index in [-0.39, 0.29) is 22.4 Å². The van der Waals surface area contributed by atoms with Gasteiger partial charge < -0.3 is 5.32 Å². The van der Waals surface area contributed by atoms with Gasteiger partial charge in [0.1, 0.15) is 0 Å². The topological polar surface area (TPSA) is 101 Å². The van der Waals surface area contributed by atoms with Gasteiger partial charge in [-0.2, -0.15) is 0 Å². The van der Waals surface area contributed by atoms with Crippen LogP contribution in [0.5, 0.6) is 0 Å². The van der Waals surface area contributed by atoms with Crippen molar-refractivity contribution in [3.8, 4) is 11.3 Å². The van der Waals surface area contributed by atoms with Crippen LogP contribution in [-0.4, -0.2) is 24.3 Å². The first-order valence-corrected chi connectivity index (χ1v) is 9.69. The van der Waals surface area contributed by atoms with Crippen LogP contribution in [0.15, 0.2) is 53.0 Å². The van der Waals surface area contributed by atoms with E-state index >= 15 is 0 Å². The minimum atomic E-state index is -3.77. The minimum absolute atomic E-state index is 0.100. The van der Waals surface area contributed by atoms with E-state index in [9.17, 15) is 13.2 Å². The van der Waals surface area contributed by atoms with E-state index in [1.807, 2.05) is 0 Å². The van der Waals surface area contributed by atoms with Crippen LogP contribution in [0.4, 0.5) is 10.8 Å². The molecule has 1 aromatic carbocycles. The maximum absolute atomic E-state index is 12.6. The third-order valence-corrected chi connectivity index (χ3v) is 5.94. The van der Waals surface area contributed by atoms with E-state index in [0.29, 0.717) is 16.9 Å². The molecule has 3 heterocycles.